The van der Waals surface area contributed by atoms with E-state index in [1.54, 1.807) is 30.3 Å². The maximum atomic E-state index is 12.7. The molecule has 0 bridgehead atoms. The Morgan fingerprint density at radius 1 is 1.04 bits per heavy atom. The first-order chi connectivity index (χ1) is 10.8. The van der Waals surface area contributed by atoms with Crippen LogP contribution < -0.4 is 5.32 Å². The van der Waals surface area contributed by atoms with Gasteiger partial charge in [-0.1, -0.05) is 15.9 Å². The summed E-state index contributed by atoms with van der Waals surface area (Å²) < 4.78 is 38.9. The van der Waals surface area contributed by atoms with E-state index in [9.17, 15) is 18.0 Å². The van der Waals surface area contributed by atoms with Gasteiger partial charge >= 0.3 is 6.18 Å². The number of carbonyl (C=O) groups excluding carboxylic acids is 1. The van der Waals surface area contributed by atoms with Crippen LogP contribution in [0.5, 0.6) is 0 Å². The van der Waals surface area contributed by atoms with Crippen LogP contribution in [0.1, 0.15) is 16.1 Å². The molecule has 1 aromatic heterocycles. The molecule has 0 aliphatic heterocycles. The van der Waals surface area contributed by atoms with Crippen LogP contribution in [0, 0.1) is 0 Å². The molecule has 0 fully saturated rings. The van der Waals surface area contributed by atoms with E-state index in [2.05, 4.69) is 26.2 Å². The molecule has 3 rings (SSSR count). The average molecular weight is 383 g/mol. The number of nitrogens with one attached hydrogen (secondary N) is 2. The average Bonchev–Trinajstić information content (AvgIpc) is 2.91. The lowest BCUT2D eigenvalue weighted by Crippen LogP contribution is -2.11. The van der Waals surface area contributed by atoms with E-state index in [1.165, 1.54) is 12.1 Å². The van der Waals surface area contributed by atoms with Crippen LogP contribution in [-0.2, 0) is 6.18 Å². The number of alkyl halides is 3. The molecular weight excluding hydrogens is 373 g/mol. The van der Waals surface area contributed by atoms with Gasteiger partial charge in [-0.2, -0.15) is 13.2 Å². The maximum absolute atomic E-state index is 12.7. The summed E-state index contributed by atoms with van der Waals surface area (Å²) in [6.45, 7) is 0. The number of carbonyl (C=O) groups is 1. The van der Waals surface area contributed by atoms with E-state index in [-0.39, 0.29) is 5.91 Å². The first kappa shape index (κ1) is 15.6. The predicted molar refractivity (Wildman–Crippen MR) is 85.4 cm³/mol. The van der Waals surface area contributed by atoms with Crippen molar-refractivity contribution >= 4 is 38.4 Å². The molecule has 0 saturated heterocycles. The molecule has 1 amide bonds. The molecule has 0 aliphatic rings. The van der Waals surface area contributed by atoms with Gasteiger partial charge in [-0.25, -0.2) is 0 Å². The number of rotatable bonds is 2. The van der Waals surface area contributed by atoms with Gasteiger partial charge in [0, 0.05) is 26.6 Å². The zero-order valence-electron chi connectivity index (χ0n) is 11.5. The summed E-state index contributed by atoms with van der Waals surface area (Å²) >= 11 is 3.28. The summed E-state index contributed by atoms with van der Waals surface area (Å²) in [4.78, 5) is 14.4. The predicted octanol–water partition coefficient (Wildman–Crippen LogP) is 5.20. The van der Waals surface area contributed by atoms with Crippen LogP contribution in [0.3, 0.4) is 0 Å². The van der Waals surface area contributed by atoms with Crippen LogP contribution in [-0.4, -0.2) is 10.9 Å². The van der Waals surface area contributed by atoms with Crippen molar-refractivity contribution < 1.29 is 18.0 Å². The van der Waals surface area contributed by atoms with Crippen LogP contribution in [0.2, 0.25) is 0 Å². The van der Waals surface area contributed by atoms with Gasteiger partial charge in [-0.3, -0.25) is 4.79 Å². The van der Waals surface area contributed by atoms with E-state index < -0.39 is 11.9 Å². The molecule has 23 heavy (non-hydrogen) atoms. The van der Waals surface area contributed by atoms with Crippen molar-refractivity contribution in [2.75, 3.05) is 5.32 Å². The maximum Gasteiger partial charge on any atom is 0.431 e. The summed E-state index contributed by atoms with van der Waals surface area (Å²) in [6.07, 6.45) is -4.43. The Balaban J connectivity index is 1.85. The first-order valence-corrected chi connectivity index (χ1v) is 7.39. The van der Waals surface area contributed by atoms with Crippen molar-refractivity contribution in [1.29, 1.82) is 0 Å². The fraction of sp³-hybridized carbons (Fsp3) is 0.0625. The van der Waals surface area contributed by atoms with E-state index in [4.69, 9.17) is 0 Å². The van der Waals surface area contributed by atoms with E-state index >= 15 is 0 Å². The highest BCUT2D eigenvalue weighted by molar-refractivity contribution is 9.10. The van der Waals surface area contributed by atoms with Crippen molar-refractivity contribution in [3.8, 4) is 0 Å². The first-order valence-electron chi connectivity index (χ1n) is 6.60. The minimum absolute atomic E-state index is 0.330. The summed E-state index contributed by atoms with van der Waals surface area (Å²) in [5.41, 5.74) is 0.430. The number of halogens is 4. The molecule has 0 unspecified atom stereocenters. The van der Waals surface area contributed by atoms with E-state index in [0.717, 1.165) is 10.5 Å². The molecule has 3 nitrogen and oxygen atoms in total. The monoisotopic (exact) mass is 382 g/mol. The summed E-state index contributed by atoms with van der Waals surface area (Å²) in [6, 6.07) is 12.3. The molecule has 0 spiro atoms. The molecular formula is C16H10BrF3N2O. The van der Waals surface area contributed by atoms with Gasteiger partial charge in [0.2, 0.25) is 0 Å². The lowest BCUT2D eigenvalue weighted by molar-refractivity contribution is -0.140. The molecule has 0 atom stereocenters. The highest BCUT2D eigenvalue weighted by Gasteiger charge is 2.32. The van der Waals surface area contributed by atoms with Crippen molar-refractivity contribution in [3.05, 3.63) is 64.3 Å². The molecule has 2 aromatic carbocycles. The Labute approximate surface area is 137 Å². The van der Waals surface area contributed by atoms with E-state index in [1.807, 2.05) is 0 Å². The Kier molecular flexibility index (Phi) is 3.89. The molecule has 118 valence electrons. The molecule has 3 aromatic rings. The SMILES string of the molecule is O=C(Nc1ccc2[nH]c(C(F)(F)F)cc2c1)c1ccc(Br)cc1. The molecule has 2 N–H and O–H groups in total. The highest BCUT2D eigenvalue weighted by atomic mass is 79.9. The van der Waals surface area contributed by atoms with E-state index in [0.29, 0.717) is 22.2 Å². The van der Waals surface area contributed by atoms with Gasteiger partial charge in [0.25, 0.3) is 5.91 Å². The number of fused-ring (bicyclic) bond motifs is 1. The minimum Gasteiger partial charge on any atom is -0.351 e. The van der Waals surface area contributed by atoms with Crippen LogP contribution in [0.4, 0.5) is 18.9 Å². The Morgan fingerprint density at radius 2 is 1.74 bits per heavy atom. The number of amides is 1. The third-order valence-corrected chi connectivity index (χ3v) is 3.82. The quantitative estimate of drug-likeness (QED) is 0.628. The van der Waals surface area contributed by atoms with Crippen LogP contribution >= 0.6 is 15.9 Å². The highest BCUT2D eigenvalue weighted by Crippen LogP contribution is 2.32. The van der Waals surface area contributed by atoms with Crippen LogP contribution in [0.25, 0.3) is 10.9 Å². The second kappa shape index (κ2) is 5.73. The van der Waals surface area contributed by atoms with Crippen molar-refractivity contribution in [1.82, 2.24) is 4.98 Å². The third-order valence-electron chi connectivity index (χ3n) is 3.29. The zero-order chi connectivity index (χ0) is 16.6. The summed E-state index contributed by atoms with van der Waals surface area (Å²) in [5, 5.41) is 3.05. The number of aromatic nitrogens is 1. The lowest BCUT2D eigenvalue weighted by Gasteiger charge is -2.05. The van der Waals surface area contributed by atoms with Gasteiger partial charge in [0.15, 0.2) is 0 Å². The van der Waals surface area contributed by atoms with Gasteiger partial charge in [0.05, 0.1) is 0 Å². The number of aromatic amines is 1. The smallest absolute Gasteiger partial charge is 0.351 e. The second-order valence-corrected chi connectivity index (χ2v) is 5.86. The Bertz CT molecular complexity index is 869. The van der Waals surface area contributed by atoms with Crippen molar-refractivity contribution in [2.24, 2.45) is 0 Å². The lowest BCUT2D eigenvalue weighted by atomic mass is 10.2. The molecule has 1 heterocycles. The molecule has 0 radical (unpaired) electrons. The van der Waals surface area contributed by atoms with Gasteiger partial charge in [-0.05, 0) is 48.5 Å². The zero-order valence-corrected chi connectivity index (χ0v) is 13.1. The second-order valence-electron chi connectivity index (χ2n) is 4.94. The third kappa shape index (κ3) is 3.39. The number of hydrogen-bond acceptors (Lipinski definition) is 1. The summed E-state index contributed by atoms with van der Waals surface area (Å²) in [5.74, 6) is -0.330. The number of H-pyrrole nitrogens is 1. The Hall–Kier alpha value is -2.28. The van der Waals surface area contributed by atoms with Gasteiger partial charge < -0.3 is 10.3 Å². The number of benzene rings is 2. The summed E-state index contributed by atoms with van der Waals surface area (Å²) in [7, 11) is 0. The van der Waals surface area contributed by atoms with Gasteiger partial charge in [-0.15, -0.1) is 0 Å². The topological polar surface area (TPSA) is 44.9 Å². The molecule has 0 aliphatic carbocycles. The van der Waals surface area contributed by atoms with Gasteiger partial charge in [0.1, 0.15) is 5.69 Å². The number of anilines is 1. The fourth-order valence-electron chi connectivity index (χ4n) is 2.17. The minimum atomic E-state index is -4.43. The van der Waals surface area contributed by atoms with Crippen molar-refractivity contribution in [2.45, 2.75) is 6.18 Å². The molecule has 0 saturated carbocycles. The normalized spacial score (nSPS) is 11.7. The van der Waals surface area contributed by atoms with Crippen molar-refractivity contribution in [3.63, 3.8) is 0 Å². The number of hydrogen-bond donors (Lipinski definition) is 2. The van der Waals surface area contributed by atoms with Crippen LogP contribution in [0.15, 0.2) is 53.0 Å². The standard InChI is InChI=1S/C16H10BrF3N2O/c17-11-3-1-9(2-4-11)15(23)21-12-5-6-13-10(7-12)8-14(22-13)16(18,19)20/h1-8,22H,(H,21,23). The molecule has 7 heteroatoms. The largest absolute Gasteiger partial charge is 0.431 e. The Morgan fingerprint density at radius 3 is 2.39 bits per heavy atom. The fourth-order valence-corrected chi connectivity index (χ4v) is 2.43.